The van der Waals surface area contributed by atoms with E-state index in [9.17, 15) is 10.1 Å². The Bertz CT molecular complexity index is 534. The van der Waals surface area contributed by atoms with Crippen molar-refractivity contribution >= 4 is 5.69 Å². The summed E-state index contributed by atoms with van der Waals surface area (Å²) >= 11 is 0. The van der Waals surface area contributed by atoms with E-state index in [2.05, 4.69) is 5.10 Å². The highest BCUT2D eigenvalue weighted by molar-refractivity contribution is 5.36. The van der Waals surface area contributed by atoms with Crippen LogP contribution >= 0.6 is 0 Å². The molecule has 0 amide bonds. The molecule has 0 saturated carbocycles. The van der Waals surface area contributed by atoms with Crippen LogP contribution in [0.25, 0.3) is 0 Å². The van der Waals surface area contributed by atoms with Crippen molar-refractivity contribution in [2.24, 2.45) is 0 Å². The van der Waals surface area contributed by atoms with E-state index in [1.54, 1.807) is 18.3 Å². The second kappa shape index (κ2) is 5.31. The number of benzene rings is 1. The van der Waals surface area contributed by atoms with E-state index in [4.69, 9.17) is 4.74 Å². The molecule has 94 valence electrons. The molecule has 2 rings (SSSR count). The lowest BCUT2D eigenvalue weighted by Crippen LogP contribution is -1.95. The SMILES string of the molecule is CCn1cc(COc2ccc([N+](=O)[O-])cc2)cn1. The third-order valence-electron chi connectivity index (χ3n) is 2.46. The summed E-state index contributed by atoms with van der Waals surface area (Å²) in [6, 6.07) is 6.01. The number of hydrogen-bond donors (Lipinski definition) is 0. The molecular formula is C12H13N3O3. The van der Waals surface area contributed by atoms with Crippen LogP contribution in [0.4, 0.5) is 5.69 Å². The lowest BCUT2D eigenvalue weighted by Gasteiger charge is -2.03. The fourth-order valence-corrected chi connectivity index (χ4v) is 1.48. The van der Waals surface area contributed by atoms with Crippen LogP contribution in [-0.4, -0.2) is 14.7 Å². The standard InChI is InChI=1S/C12H13N3O3/c1-2-14-8-10(7-13-14)9-18-12-5-3-11(4-6-12)15(16)17/h3-8H,2,9H2,1H3. The minimum Gasteiger partial charge on any atom is -0.489 e. The summed E-state index contributed by atoms with van der Waals surface area (Å²) in [4.78, 5) is 10.0. The molecule has 0 unspecified atom stereocenters. The van der Waals surface area contributed by atoms with Gasteiger partial charge in [0, 0.05) is 30.4 Å². The number of nitrogens with zero attached hydrogens (tertiary/aromatic N) is 3. The molecule has 0 aliphatic heterocycles. The lowest BCUT2D eigenvalue weighted by atomic mass is 10.3. The first-order valence-corrected chi connectivity index (χ1v) is 5.57. The highest BCUT2D eigenvalue weighted by Crippen LogP contribution is 2.18. The van der Waals surface area contributed by atoms with E-state index in [0.717, 1.165) is 12.1 Å². The van der Waals surface area contributed by atoms with Crippen molar-refractivity contribution in [3.05, 3.63) is 52.3 Å². The van der Waals surface area contributed by atoms with Gasteiger partial charge in [-0.05, 0) is 19.1 Å². The number of aryl methyl sites for hydroxylation is 1. The van der Waals surface area contributed by atoms with Crippen molar-refractivity contribution in [3.8, 4) is 5.75 Å². The first kappa shape index (κ1) is 12.1. The van der Waals surface area contributed by atoms with Gasteiger partial charge in [-0.25, -0.2) is 0 Å². The van der Waals surface area contributed by atoms with Crippen molar-refractivity contribution in [1.29, 1.82) is 0 Å². The van der Waals surface area contributed by atoms with Crippen LogP contribution in [0.3, 0.4) is 0 Å². The predicted molar refractivity (Wildman–Crippen MR) is 65.3 cm³/mol. The van der Waals surface area contributed by atoms with Crippen molar-refractivity contribution < 1.29 is 9.66 Å². The zero-order chi connectivity index (χ0) is 13.0. The van der Waals surface area contributed by atoms with Crippen LogP contribution in [0.2, 0.25) is 0 Å². The summed E-state index contributed by atoms with van der Waals surface area (Å²) in [5.41, 5.74) is 1.02. The molecule has 6 heteroatoms. The van der Waals surface area contributed by atoms with Crippen LogP contribution in [0.5, 0.6) is 5.75 Å². The highest BCUT2D eigenvalue weighted by Gasteiger charge is 2.05. The summed E-state index contributed by atoms with van der Waals surface area (Å²) in [6.07, 6.45) is 3.65. The van der Waals surface area contributed by atoms with Gasteiger partial charge < -0.3 is 4.74 Å². The van der Waals surface area contributed by atoms with Gasteiger partial charge in [0.05, 0.1) is 11.1 Å². The zero-order valence-corrected chi connectivity index (χ0v) is 9.94. The summed E-state index contributed by atoms with van der Waals surface area (Å²) in [5, 5.41) is 14.6. The normalized spacial score (nSPS) is 10.3. The van der Waals surface area contributed by atoms with Gasteiger partial charge in [-0.1, -0.05) is 0 Å². The minimum absolute atomic E-state index is 0.0566. The molecule has 1 aromatic carbocycles. The van der Waals surface area contributed by atoms with Gasteiger partial charge in [0.1, 0.15) is 12.4 Å². The quantitative estimate of drug-likeness (QED) is 0.600. The van der Waals surface area contributed by atoms with Crippen molar-refractivity contribution in [2.45, 2.75) is 20.1 Å². The third-order valence-corrected chi connectivity index (χ3v) is 2.46. The number of ether oxygens (including phenoxy) is 1. The Labute approximate surface area is 104 Å². The fourth-order valence-electron chi connectivity index (χ4n) is 1.48. The van der Waals surface area contributed by atoms with E-state index in [0.29, 0.717) is 12.4 Å². The summed E-state index contributed by atoms with van der Waals surface area (Å²) in [6.45, 7) is 3.23. The van der Waals surface area contributed by atoms with Crippen LogP contribution in [0.15, 0.2) is 36.7 Å². The molecule has 2 aromatic rings. The smallest absolute Gasteiger partial charge is 0.269 e. The van der Waals surface area contributed by atoms with Crippen LogP contribution < -0.4 is 4.74 Å². The van der Waals surface area contributed by atoms with Gasteiger partial charge in [-0.3, -0.25) is 14.8 Å². The molecule has 0 bridgehead atoms. The summed E-state index contributed by atoms with van der Waals surface area (Å²) < 4.78 is 7.32. The Morgan fingerprint density at radius 1 is 1.39 bits per heavy atom. The highest BCUT2D eigenvalue weighted by atomic mass is 16.6. The number of nitro benzene ring substituents is 1. The van der Waals surface area contributed by atoms with Crippen molar-refractivity contribution in [2.75, 3.05) is 0 Å². The van der Waals surface area contributed by atoms with E-state index in [1.165, 1.54) is 12.1 Å². The second-order valence-electron chi connectivity index (χ2n) is 3.74. The Balaban J connectivity index is 1.95. The lowest BCUT2D eigenvalue weighted by molar-refractivity contribution is -0.384. The minimum atomic E-state index is -0.435. The van der Waals surface area contributed by atoms with Crippen LogP contribution in [0.1, 0.15) is 12.5 Å². The van der Waals surface area contributed by atoms with Gasteiger partial charge in [-0.2, -0.15) is 5.10 Å². The average molecular weight is 247 g/mol. The zero-order valence-electron chi connectivity index (χ0n) is 9.94. The Morgan fingerprint density at radius 3 is 2.67 bits per heavy atom. The number of non-ortho nitro benzene ring substituents is 1. The maximum absolute atomic E-state index is 10.5. The average Bonchev–Trinajstić information content (AvgIpc) is 2.85. The number of hydrogen-bond acceptors (Lipinski definition) is 4. The monoisotopic (exact) mass is 247 g/mol. The number of aromatic nitrogens is 2. The van der Waals surface area contributed by atoms with Crippen molar-refractivity contribution in [1.82, 2.24) is 9.78 Å². The Kier molecular flexibility index (Phi) is 3.57. The maximum atomic E-state index is 10.5. The van der Waals surface area contributed by atoms with Crippen LogP contribution in [0, 0.1) is 10.1 Å². The van der Waals surface area contributed by atoms with E-state index in [-0.39, 0.29) is 5.69 Å². The molecule has 6 nitrogen and oxygen atoms in total. The largest absolute Gasteiger partial charge is 0.489 e. The molecule has 0 fully saturated rings. The number of nitro groups is 1. The molecule has 0 saturated heterocycles. The summed E-state index contributed by atoms with van der Waals surface area (Å²) in [5.74, 6) is 0.602. The Hall–Kier alpha value is -2.37. The first-order chi connectivity index (χ1) is 8.69. The molecule has 18 heavy (non-hydrogen) atoms. The summed E-state index contributed by atoms with van der Waals surface area (Å²) in [7, 11) is 0. The fraction of sp³-hybridized carbons (Fsp3) is 0.250. The van der Waals surface area contributed by atoms with Gasteiger partial charge >= 0.3 is 0 Å². The van der Waals surface area contributed by atoms with Crippen molar-refractivity contribution in [3.63, 3.8) is 0 Å². The topological polar surface area (TPSA) is 70.2 Å². The van der Waals surface area contributed by atoms with Gasteiger partial charge in [0.15, 0.2) is 0 Å². The molecular weight excluding hydrogens is 234 g/mol. The van der Waals surface area contributed by atoms with E-state index < -0.39 is 4.92 Å². The van der Waals surface area contributed by atoms with E-state index >= 15 is 0 Å². The Morgan fingerprint density at radius 2 is 2.11 bits per heavy atom. The predicted octanol–water partition coefficient (Wildman–Crippen LogP) is 2.39. The third kappa shape index (κ3) is 2.85. The van der Waals surface area contributed by atoms with Gasteiger partial charge in [0.25, 0.3) is 5.69 Å². The molecule has 1 aromatic heterocycles. The first-order valence-electron chi connectivity index (χ1n) is 5.57. The van der Waals surface area contributed by atoms with Gasteiger partial charge in [0.2, 0.25) is 0 Å². The number of rotatable bonds is 5. The second-order valence-corrected chi connectivity index (χ2v) is 3.74. The molecule has 0 atom stereocenters. The molecule has 0 aliphatic rings. The van der Waals surface area contributed by atoms with E-state index in [1.807, 2.05) is 17.8 Å². The maximum Gasteiger partial charge on any atom is 0.269 e. The van der Waals surface area contributed by atoms with Crippen LogP contribution in [-0.2, 0) is 13.2 Å². The molecule has 1 heterocycles. The molecule has 0 spiro atoms. The molecule has 0 aliphatic carbocycles. The van der Waals surface area contributed by atoms with Gasteiger partial charge in [-0.15, -0.1) is 0 Å². The molecule has 0 N–H and O–H groups in total. The molecule has 0 radical (unpaired) electrons.